The molecule has 2 aromatic rings. The molecule has 0 heterocycles. The number of Topliss-reactive ketones (excluding diaryl/α,β-unsaturated/α-hetero) is 1. The molecule has 6 heteroatoms. The van der Waals surface area contributed by atoms with Gasteiger partial charge in [0.05, 0.1) is 17.7 Å². The molecular weight excluding hydrogens is 314 g/mol. The number of aryl methyl sites for hydroxylation is 2. The molecule has 2 rings (SSSR count). The zero-order chi connectivity index (χ0) is 17.2. The Morgan fingerprint density at radius 3 is 2.22 bits per heavy atom. The maximum absolute atomic E-state index is 12.5. The molecule has 0 radical (unpaired) electrons. The van der Waals surface area contributed by atoms with Gasteiger partial charge in [0.25, 0.3) is 10.0 Å². The number of nitrogens with one attached hydrogen (secondary N) is 1. The lowest BCUT2D eigenvalue weighted by molar-refractivity contribution is 0.101. The molecule has 0 unspecified atom stereocenters. The second-order valence-corrected chi connectivity index (χ2v) is 7.03. The molecule has 0 aliphatic rings. The molecule has 0 saturated heterocycles. The molecule has 1 N–H and O–H groups in total. The van der Waals surface area contributed by atoms with Crippen LogP contribution in [0.15, 0.2) is 41.3 Å². The third-order valence-corrected chi connectivity index (χ3v) is 4.82. The van der Waals surface area contributed by atoms with E-state index >= 15 is 0 Å². The van der Waals surface area contributed by atoms with Crippen molar-refractivity contribution in [2.75, 3.05) is 11.8 Å². The van der Waals surface area contributed by atoms with Crippen molar-refractivity contribution in [3.05, 3.63) is 53.1 Å². The molecule has 0 saturated carbocycles. The minimum atomic E-state index is -3.76. The third-order valence-electron chi connectivity index (χ3n) is 3.44. The minimum absolute atomic E-state index is 0.0868. The summed E-state index contributed by atoms with van der Waals surface area (Å²) in [4.78, 5) is 11.4. The summed E-state index contributed by atoms with van der Waals surface area (Å²) in [7, 11) is -2.27. The summed E-state index contributed by atoms with van der Waals surface area (Å²) >= 11 is 0. The Morgan fingerprint density at radius 1 is 1.09 bits per heavy atom. The highest BCUT2D eigenvalue weighted by atomic mass is 32.2. The number of carbonyl (C=O) groups is 1. The first kappa shape index (κ1) is 17.0. The molecule has 0 spiro atoms. The maximum Gasteiger partial charge on any atom is 0.262 e. The van der Waals surface area contributed by atoms with E-state index in [1.807, 2.05) is 19.9 Å². The van der Waals surface area contributed by atoms with Gasteiger partial charge in [-0.05, 0) is 50.1 Å². The molecule has 122 valence electrons. The van der Waals surface area contributed by atoms with Crippen LogP contribution in [0, 0.1) is 13.8 Å². The smallest absolute Gasteiger partial charge is 0.262 e. The summed E-state index contributed by atoms with van der Waals surface area (Å²) in [6.45, 7) is 5.17. The summed E-state index contributed by atoms with van der Waals surface area (Å²) in [6.07, 6.45) is 0. The van der Waals surface area contributed by atoms with Crippen LogP contribution in [0.25, 0.3) is 0 Å². The first-order valence-electron chi connectivity index (χ1n) is 7.03. The van der Waals surface area contributed by atoms with E-state index < -0.39 is 10.0 Å². The second-order valence-electron chi connectivity index (χ2n) is 5.35. The standard InChI is InChI=1S/C17H19NO4S/c1-11-9-12(2)17(22-4)16(10-11)18-23(20,21)15-7-5-14(6-8-15)13(3)19/h5-10,18H,1-4H3. The number of benzene rings is 2. The number of sulfonamides is 1. The van der Waals surface area contributed by atoms with E-state index in [0.717, 1.165) is 11.1 Å². The summed E-state index contributed by atoms with van der Waals surface area (Å²) < 4.78 is 32.9. The summed E-state index contributed by atoms with van der Waals surface area (Å²) in [5.41, 5.74) is 2.62. The van der Waals surface area contributed by atoms with E-state index in [1.165, 1.54) is 38.3 Å². The van der Waals surface area contributed by atoms with E-state index in [4.69, 9.17) is 4.74 Å². The van der Waals surface area contributed by atoms with Gasteiger partial charge in [0.2, 0.25) is 0 Å². The number of ketones is 1. The number of methoxy groups -OCH3 is 1. The SMILES string of the molecule is COc1c(C)cc(C)cc1NS(=O)(=O)c1ccc(C(C)=O)cc1. The fraction of sp³-hybridized carbons (Fsp3) is 0.235. The number of ether oxygens (including phenoxy) is 1. The molecule has 23 heavy (non-hydrogen) atoms. The van der Waals surface area contributed by atoms with Crippen LogP contribution < -0.4 is 9.46 Å². The van der Waals surface area contributed by atoms with E-state index in [1.54, 1.807) is 6.07 Å². The number of hydrogen-bond acceptors (Lipinski definition) is 4. The van der Waals surface area contributed by atoms with E-state index in [2.05, 4.69) is 4.72 Å². The zero-order valence-electron chi connectivity index (χ0n) is 13.5. The number of hydrogen-bond donors (Lipinski definition) is 1. The first-order chi connectivity index (χ1) is 10.7. The Balaban J connectivity index is 2.40. The van der Waals surface area contributed by atoms with Crippen molar-refractivity contribution in [3.8, 4) is 5.75 Å². The molecule has 0 aliphatic carbocycles. The molecule has 2 aromatic carbocycles. The van der Waals surface area contributed by atoms with Gasteiger partial charge in [-0.15, -0.1) is 0 Å². The fourth-order valence-electron chi connectivity index (χ4n) is 2.37. The molecule has 0 aromatic heterocycles. The zero-order valence-corrected chi connectivity index (χ0v) is 14.3. The summed E-state index contributed by atoms with van der Waals surface area (Å²) in [5.74, 6) is 0.373. The first-order valence-corrected chi connectivity index (χ1v) is 8.52. The lowest BCUT2D eigenvalue weighted by atomic mass is 10.1. The van der Waals surface area contributed by atoms with Gasteiger partial charge in [-0.2, -0.15) is 0 Å². The Kier molecular flexibility index (Phi) is 4.75. The Hall–Kier alpha value is -2.34. The summed E-state index contributed by atoms with van der Waals surface area (Å²) in [5, 5.41) is 0. The van der Waals surface area contributed by atoms with Crippen molar-refractivity contribution in [1.29, 1.82) is 0 Å². The van der Waals surface area contributed by atoms with Gasteiger partial charge in [-0.1, -0.05) is 18.2 Å². The molecular formula is C17H19NO4S. The molecule has 0 fully saturated rings. The normalized spacial score (nSPS) is 11.1. The van der Waals surface area contributed by atoms with Crippen molar-refractivity contribution < 1.29 is 17.9 Å². The molecule has 5 nitrogen and oxygen atoms in total. The van der Waals surface area contributed by atoms with Gasteiger partial charge in [-0.3, -0.25) is 9.52 Å². The maximum atomic E-state index is 12.5. The van der Waals surface area contributed by atoms with Gasteiger partial charge >= 0.3 is 0 Å². The van der Waals surface area contributed by atoms with Crippen LogP contribution in [-0.4, -0.2) is 21.3 Å². The highest BCUT2D eigenvalue weighted by Gasteiger charge is 2.18. The second kappa shape index (κ2) is 6.42. The minimum Gasteiger partial charge on any atom is -0.494 e. The molecule has 0 aliphatic heterocycles. The van der Waals surface area contributed by atoms with Crippen LogP contribution in [0.2, 0.25) is 0 Å². The van der Waals surface area contributed by atoms with Crippen LogP contribution in [0.1, 0.15) is 28.4 Å². The van der Waals surface area contributed by atoms with Crippen LogP contribution >= 0.6 is 0 Å². The average molecular weight is 333 g/mol. The Morgan fingerprint density at radius 2 is 1.70 bits per heavy atom. The van der Waals surface area contributed by atoms with Crippen molar-refractivity contribution in [2.45, 2.75) is 25.7 Å². The monoisotopic (exact) mass is 333 g/mol. The predicted octanol–water partition coefficient (Wildman–Crippen LogP) is 3.32. The lowest BCUT2D eigenvalue weighted by Gasteiger charge is -2.15. The largest absolute Gasteiger partial charge is 0.494 e. The van der Waals surface area contributed by atoms with Gasteiger partial charge in [0, 0.05) is 5.56 Å². The van der Waals surface area contributed by atoms with Gasteiger partial charge in [0.1, 0.15) is 5.75 Å². The molecule has 0 amide bonds. The van der Waals surface area contributed by atoms with Crippen LogP contribution in [-0.2, 0) is 10.0 Å². The van der Waals surface area contributed by atoms with Crippen molar-refractivity contribution >= 4 is 21.5 Å². The average Bonchev–Trinajstić information content (AvgIpc) is 2.46. The van der Waals surface area contributed by atoms with Crippen molar-refractivity contribution in [3.63, 3.8) is 0 Å². The van der Waals surface area contributed by atoms with E-state index in [-0.39, 0.29) is 10.7 Å². The summed E-state index contributed by atoms with van der Waals surface area (Å²) in [6, 6.07) is 9.44. The highest BCUT2D eigenvalue weighted by Crippen LogP contribution is 2.31. The lowest BCUT2D eigenvalue weighted by Crippen LogP contribution is -2.14. The predicted molar refractivity (Wildman–Crippen MR) is 89.7 cm³/mol. The van der Waals surface area contributed by atoms with Crippen LogP contribution in [0.5, 0.6) is 5.75 Å². The van der Waals surface area contributed by atoms with Crippen molar-refractivity contribution in [1.82, 2.24) is 0 Å². The highest BCUT2D eigenvalue weighted by molar-refractivity contribution is 7.92. The third kappa shape index (κ3) is 3.71. The molecule has 0 atom stereocenters. The topological polar surface area (TPSA) is 72.5 Å². The number of carbonyl (C=O) groups excluding carboxylic acids is 1. The van der Waals surface area contributed by atoms with Gasteiger partial charge < -0.3 is 4.74 Å². The van der Waals surface area contributed by atoms with Gasteiger partial charge in [0.15, 0.2) is 5.78 Å². The van der Waals surface area contributed by atoms with E-state index in [0.29, 0.717) is 17.0 Å². The van der Waals surface area contributed by atoms with Gasteiger partial charge in [-0.25, -0.2) is 8.42 Å². The Bertz CT molecular complexity index is 840. The number of anilines is 1. The quantitative estimate of drug-likeness (QED) is 0.852. The number of rotatable bonds is 5. The fourth-order valence-corrected chi connectivity index (χ4v) is 3.43. The Labute approximate surface area is 136 Å². The van der Waals surface area contributed by atoms with Crippen LogP contribution in [0.4, 0.5) is 5.69 Å². The van der Waals surface area contributed by atoms with Crippen molar-refractivity contribution in [2.24, 2.45) is 0 Å². The van der Waals surface area contributed by atoms with E-state index in [9.17, 15) is 13.2 Å². The van der Waals surface area contributed by atoms with Crippen LogP contribution in [0.3, 0.4) is 0 Å². The molecule has 0 bridgehead atoms.